The van der Waals surface area contributed by atoms with E-state index in [1.165, 1.54) is 0 Å². The second-order valence-corrected chi connectivity index (χ2v) is 13.6. The molecule has 0 saturated heterocycles. The van der Waals surface area contributed by atoms with E-state index in [1.807, 2.05) is 0 Å². The predicted molar refractivity (Wildman–Crippen MR) is 75.2 cm³/mol. The SMILES string of the molecule is CC(C)C(C)(C)[Si](C)(Cl)C(C)(C)C(C)C. The molecule has 0 radical (unpaired) electrons. The molecule has 0 rings (SSSR count). The summed E-state index contributed by atoms with van der Waals surface area (Å²) in [6, 6.07) is 0. The monoisotopic (exact) mass is 248 g/mol. The van der Waals surface area contributed by atoms with Crippen molar-refractivity contribution in [2.75, 3.05) is 0 Å². The minimum absolute atomic E-state index is 0.266. The molecule has 0 unspecified atom stereocenters. The maximum absolute atomic E-state index is 7.05. The molecular formula is C13H29ClSi. The van der Waals surface area contributed by atoms with E-state index in [9.17, 15) is 0 Å². The Kier molecular flexibility index (Phi) is 4.56. The van der Waals surface area contributed by atoms with Crippen molar-refractivity contribution >= 4 is 18.5 Å². The number of hydrogen-bond acceptors (Lipinski definition) is 0. The summed E-state index contributed by atoms with van der Waals surface area (Å²) in [6.07, 6.45) is 0. The van der Waals surface area contributed by atoms with Crippen LogP contribution in [0.15, 0.2) is 0 Å². The third-order valence-electron chi connectivity index (χ3n) is 5.31. The van der Waals surface area contributed by atoms with E-state index in [2.05, 4.69) is 61.9 Å². The quantitative estimate of drug-likeness (QED) is 0.444. The van der Waals surface area contributed by atoms with E-state index < -0.39 is 7.38 Å². The lowest BCUT2D eigenvalue weighted by atomic mass is 9.97. The summed E-state index contributed by atoms with van der Waals surface area (Å²) in [7, 11) is -1.81. The fourth-order valence-electron chi connectivity index (χ4n) is 1.91. The molecule has 0 aromatic carbocycles. The van der Waals surface area contributed by atoms with Gasteiger partial charge < -0.3 is 0 Å². The van der Waals surface area contributed by atoms with Crippen LogP contribution in [0.3, 0.4) is 0 Å². The summed E-state index contributed by atoms with van der Waals surface area (Å²) in [5, 5.41) is 0.532. The Morgan fingerprint density at radius 1 is 0.800 bits per heavy atom. The summed E-state index contributed by atoms with van der Waals surface area (Å²) in [5.74, 6) is 1.29. The zero-order chi connectivity index (χ0) is 12.7. The van der Waals surface area contributed by atoms with Crippen molar-refractivity contribution in [3.8, 4) is 0 Å². The highest BCUT2D eigenvalue weighted by Crippen LogP contribution is 2.60. The molecule has 0 fully saturated rings. The maximum atomic E-state index is 7.05. The van der Waals surface area contributed by atoms with Crippen molar-refractivity contribution in [3.05, 3.63) is 0 Å². The first-order valence-electron chi connectivity index (χ1n) is 6.08. The van der Waals surface area contributed by atoms with Gasteiger partial charge in [0, 0.05) is 0 Å². The molecular weight excluding hydrogens is 220 g/mol. The van der Waals surface area contributed by atoms with E-state index in [-0.39, 0.29) is 10.1 Å². The van der Waals surface area contributed by atoms with Gasteiger partial charge in [-0.05, 0) is 21.9 Å². The summed E-state index contributed by atoms with van der Waals surface area (Å²) >= 11 is 7.05. The van der Waals surface area contributed by atoms with Crippen LogP contribution in [0, 0.1) is 11.8 Å². The minimum atomic E-state index is -1.81. The summed E-state index contributed by atoms with van der Waals surface area (Å²) in [5.41, 5.74) is 0. The molecule has 0 bridgehead atoms. The lowest BCUT2D eigenvalue weighted by Crippen LogP contribution is -2.50. The Bertz CT molecular complexity index is 193. The normalized spacial score (nSPS) is 15.2. The molecule has 15 heavy (non-hydrogen) atoms. The van der Waals surface area contributed by atoms with Gasteiger partial charge in [-0.15, -0.1) is 0 Å². The van der Waals surface area contributed by atoms with Crippen LogP contribution in [0.2, 0.25) is 16.6 Å². The van der Waals surface area contributed by atoms with Crippen molar-refractivity contribution in [2.45, 2.75) is 72.0 Å². The van der Waals surface area contributed by atoms with E-state index >= 15 is 0 Å². The van der Waals surface area contributed by atoms with Crippen molar-refractivity contribution in [1.82, 2.24) is 0 Å². The lowest BCUT2D eigenvalue weighted by molar-refractivity contribution is 0.400. The topological polar surface area (TPSA) is 0 Å². The molecule has 0 spiro atoms. The highest BCUT2D eigenvalue weighted by Gasteiger charge is 2.54. The molecule has 0 atom stereocenters. The molecule has 92 valence electrons. The van der Waals surface area contributed by atoms with E-state index in [0.29, 0.717) is 11.8 Å². The van der Waals surface area contributed by atoms with E-state index in [1.54, 1.807) is 0 Å². The zero-order valence-electron chi connectivity index (χ0n) is 12.0. The second kappa shape index (κ2) is 4.41. The minimum Gasteiger partial charge on any atom is -0.166 e. The number of halogens is 1. The molecule has 2 heteroatoms. The van der Waals surface area contributed by atoms with Crippen LogP contribution in [-0.2, 0) is 0 Å². The van der Waals surface area contributed by atoms with Crippen molar-refractivity contribution in [1.29, 1.82) is 0 Å². The average Bonchev–Trinajstić information content (AvgIpc) is 2.02. The molecule has 0 aliphatic rings. The van der Waals surface area contributed by atoms with Crippen LogP contribution < -0.4 is 0 Å². The van der Waals surface area contributed by atoms with Crippen LogP contribution in [0.1, 0.15) is 55.4 Å². The van der Waals surface area contributed by atoms with Gasteiger partial charge in [-0.25, -0.2) is 0 Å². The summed E-state index contributed by atoms with van der Waals surface area (Å²) in [4.78, 5) is 0. The van der Waals surface area contributed by atoms with Crippen molar-refractivity contribution < 1.29 is 0 Å². The van der Waals surface area contributed by atoms with Crippen LogP contribution in [-0.4, -0.2) is 7.38 Å². The molecule has 0 aliphatic heterocycles. The van der Waals surface area contributed by atoms with Crippen LogP contribution in [0.5, 0.6) is 0 Å². The molecule has 0 heterocycles. The van der Waals surface area contributed by atoms with Crippen LogP contribution in [0.4, 0.5) is 0 Å². The third-order valence-corrected chi connectivity index (χ3v) is 14.2. The predicted octanol–water partition coefficient (Wildman–Crippen LogP) is 5.67. The van der Waals surface area contributed by atoms with Gasteiger partial charge in [0.15, 0.2) is 7.38 Å². The van der Waals surface area contributed by atoms with Gasteiger partial charge in [-0.3, -0.25) is 0 Å². The Balaban J connectivity index is 5.30. The van der Waals surface area contributed by atoms with Gasteiger partial charge in [-0.1, -0.05) is 61.9 Å². The largest absolute Gasteiger partial charge is 0.166 e. The lowest BCUT2D eigenvalue weighted by Gasteiger charge is -2.52. The van der Waals surface area contributed by atoms with Crippen molar-refractivity contribution in [3.63, 3.8) is 0 Å². The molecule has 0 nitrogen and oxygen atoms in total. The van der Waals surface area contributed by atoms with Gasteiger partial charge >= 0.3 is 0 Å². The van der Waals surface area contributed by atoms with Crippen LogP contribution in [0.25, 0.3) is 0 Å². The van der Waals surface area contributed by atoms with Crippen LogP contribution >= 0.6 is 11.1 Å². The molecule has 0 saturated carbocycles. The average molecular weight is 249 g/mol. The molecule has 0 aromatic rings. The van der Waals surface area contributed by atoms with E-state index in [0.717, 1.165) is 0 Å². The Labute approximate surface area is 103 Å². The summed E-state index contributed by atoms with van der Waals surface area (Å²) < 4.78 is 0. The fraction of sp³-hybridized carbons (Fsp3) is 1.00. The Morgan fingerprint density at radius 3 is 1.13 bits per heavy atom. The first kappa shape index (κ1) is 15.5. The molecule has 0 amide bonds. The highest BCUT2D eigenvalue weighted by molar-refractivity contribution is 7.22. The first-order chi connectivity index (χ1) is 6.39. The first-order valence-corrected chi connectivity index (χ1v) is 9.59. The standard InChI is InChI=1S/C13H29ClSi/c1-10(2)12(5,6)15(9,14)13(7,8)11(3)4/h10-11H,1-9H3. The summed E-state index contributed by atoms with van der Waals surface area (Å²) in [6.45, 7) is 20.9. The number of hydrogen-bond donors (Lipinski definition) is 0. The van der Waals surface area contributed by atoms with Gasteiger partial charge in [-0.2, -0.15) is 11.1 Å². The Hall–Kier alpha value is 0.507. The maximum Gasteiger partial charge on any atom is 0.165 e. The highest BCUT2D eigenvalue weighted by atomic mass is 35.6. The second-order valence-electron chi connectivity index (χ2n) is 6.76. The van der Waals surface area contributed by atoms with Gasteiger partial charge in [0.05, 0.1) is 0 Å². The third kappa shape index (κ3) is 2.44. The molecule has 0 N–H and O–H groups in total. The zero-order valence-corrected chi connectivity index (χ0v) is 13.8. The van der Waals surface area contributed by atoms with Gasteiger partial charge in [0.25, 0.3) is 0 Å². The molecule has 0 aliphatic carbocycles. The smallest absolute Gasteiger partial charge is 0.165 e. The van der Waals surface area contributed by atoms with Gasteiger partial charge in [0.2, 0.25) is 0 Å². The Morgan fingerprint density at radius 2 is 1.00 bits per heavy atom. The molecule has 0 aromatic heterocycles. The van der Waals surface area contributed by atoms with Gasteiger partial charge in [0.1, 0.15) is 0 Å². The van der Waals surface area contributed by atoms with E-state index in [4.69, 9.17) is 11.1 Å². The van der Waals surface area contributed by atoms with Crippen molar-refractivity contribution in [2.24, 2.45) is 11.8 Å². The number of rotatable bonds is 4. The fourth-order valence-corrected chi connectivity index (χ4v) is 7.05.